The summed E-state index contributed by atoms with van der Waals surface area (Å²) in [5.74, 6) is -0.357. The Bertz CT molecular complexity index is 499. The number of aryl methyl sites for hydroxylation is 1. The van der Waals surface area contributed by atoms with Crippen LogP contribution in [0.5, 0.6) is 0 Å². The normalized spacial score (nSPS) is 12.6. The van der Waals surface area contributed by atoms with E-state index in [9.17, 15) is 4.39 Å². The minimum atomic E-state index is -0.357. The summed E-state index contributed by atoms with van der Waals surface area (Å²) in [6, 6.07) is 7.27. The SMILES string of the molecule is CNC(CCc1ccsc1)c1ccc(Cl)c(F)c1. The van der Waals surface area contributed by atoms with Crippen molar-refractivity contribution in [2.75, 3.05) is 7.05 Å². The number of halogens is 2. The van der Waals surface area contributed by atoms with Gasteiger partial charge in [0, 0.05) is 6.04 Å². The molecule has 1 heterocycles. The lowest BCUT2D eigenvalue weighted by atomic mass is 10.0. The molecule has 0 aliphatic carbocycles. The first-order chi connectivity index (χ1) is 8.70. The molecule has 0 saturated carbocycles. The van der Waals surface area contributed by atoms with E-state index in [0.717, 1.165) is 18.4 Å². The van der Waals surface area contributed by atoms with Gasteiger partial charge in [-0.25, -0.2) is 4.39 Å². The number of benzene rings is 1. The van der Waals surface area contributed by atoms with Gasteiger partial charge in [0.2, 0.25) is 0 Å². The van der Waals surface area contributed by atoms with Gasteiger partial charge in [-0.1, -0.05) is 17.7 Å². The lowest BCUT2D eigenvalue weighted by Gasteiger charge is -2.16. The molecule has 0 spiro atoms. The molecule has 0 fully saturated rings. The molecule has 0 saturated heterocycles. The van der Waals surface area contributed by atoms with Crippen LogP contribution >= 0.6 is 22.9 Å². The van der Waals surface area contributed by atoms with Crippen molar-refractivity contribution in [3.8, 4) is 0 Å². The molecule has 18 heavy (non-hydrogen) atoms. The third-order valence-corrected chi connectivity index (χ3v) is 4.03. The molecule has 0 aliphatic heterocycles. The van der Waals surface area contributed by atoms with Gasteiger partial charge < -0.3 is 5.32 Å². The van der Waals surface area contributed by atoms with Crippen LogP contribution < -0.4 is 5.32 Å². The second-order valence-electron chi connectivity index (χ2n) is 4.19. The van der Waals surface area contributed by atoms with Gasteiger partial charge >= 0.3 is 0 Å². The average molecular weight is 284 g/mol. The first kappa shape index (κ1) is 13.5. The molecule has 4 heteroatoms. The van der Waals surface area contributed by atoms with Crippen LogP contribution in [0.1, 0.15) is 23.6 Å². The molecule has 1 N–H and O–H groups in total. The van der Waals surface area contributed by atoms with Crippen molar-refractivity contribution in [3.05, 3.63) is 57.0 Å². The number of rotatable bonds is 5. The first-order valence-corrected chi connectivity index (χ1v) is 7.16. The zero-order valence-electron chi connectivity index (χ0n) is 10.1. The van der Waals surface area contributed by atoms with E-state index in [1.807, 2.05) is 13.1 Å². The molecular weight excluding hydrogens is 269 g/mol. The average Bonchev–Trinajstić information content (AvgIpc) is 2.87. The van der Waals surface area contributed by atoms with Gasteiger partial charge in [-0.15, -0.1) is 0 Å². The standard InChI is InChI=1S/C14H15ClFNS/c1-17-14(5-2-10-6-7-18-9-10)11-3-4-12(15)13(16)8-11/h3-4,6-9,14,17H,2,5H2,1H3. The highest BCUT2D eigenvalue weighted by Gasteiger charge is 2.11. The Labute approximate surface area is 116 Å². The molecule has 0 radical (unpaired) electrons. The smallest absolute Gasteiger partial charge is 0.142 e. The predicted molar refractivity (Wildman–Crippen MR) is 75.9 cm³/mol. The van der Waals surface area contributed by atoms with Crippen LogP contribution in [0.2, 0.25) is 5.02 Å². The van der Waals surface area contributed by atoms with Crippen LogP contribution in [0.25, 0.3) is 0 Å². The van der Waals surface area contributed by atoms with Crippen LogP contribution in [0.15, 0.2) is 35.0 Å². The third kappa shape index (κ3) is 3.31. The number of hydrogen-bond donors (Lipinski definition) is 1. The number of thiophene rings is 1. The molecule has 1 unspecified atom stereocenters. The van der Waals surface area contributed by atoms with Crippen LogP contribution in [0, 0.1) is 5.82 Å². The van der Waals surface area contributed by atoms with E-state index >= 15 is 0 Å². The highest BCUT2D eigenvalue weighted by atomic mass is 35.5. The fourth-order valence-electron chi connectivity index (χ4n) is 1.95. The maximum Gasteiger partial charge on any atom is 0.142 e. The number of nitrogens with one attached hydrogen (secondary N) is 1. The fourth-order valence-corrected chi connectivity index (χ4v) is 2.77. The van der Waals surface area contributed by atoms with E-state index in [2.05, 4.69) is 22.1 Å². The summed E-state index contributed by atoms with van der Waals surface area (Å²) < 4.78 is 13.4. The zero-order chi connectivity index (χ0) is 13.0. The Kier molecular flexibility index (Phi) is 4.75. The third-order valence-electron chi connectivity index (χ3n) is 3.00. The Hall–Kier alpha value is -0.900. The fraction of sp³-hybridized carbons (Fsp3) is 0.286. The van der Waals surface area contributed by atoms with Crippen LogP contribution in [-0.4, -0.2) is 7.05 Å². The molecule has 1 nitrogen and oxygen atoms in total. The minimum Gasteiger partial charge on any atom is -0.313 e. The zero-order valence-corrected chi connectivity index (χ0v) is 11.7. The van der Waals surface area contributed by atoms with Crippen molar-refractivity contribution < 1.29 is 4.39 Å². The van der Waals surface area contributed by atoms with E-state index in [4.69, 9.17) is 11.6 Å². The Morgan fingerprint density at radius 2 is 2.22 bits per heavy atom. The lowest BCUT2D eigenvalue weighted by Crippen LogP contribution is -2.17. The van der Waals surface area contributed by atoms with E-state index in [-0.39, 0.29) is 16.9 Å². The highest BCUT2D eigenvalue weighted by molar-refractivity contribution is 7.07. The summed E-state index contributed by atoms with van der Waals surface area (Å²) in [6.07, 6.45) is 1.92. The lowest BCUT2D eigenvalue weighted by molar-refractivity contribution is 0.542. The van der Waals surface area contributed by atoms with Crippen LogP contribution in [-0.2, 0) is 6.42 Å². The van der Waals surface area contributed by atoms with E-state index < -0.39 is 0 Å². The van der Waals surface area contributed by atoms with Crippen molar-refractivity contribution in [3.63, 3.8) is 0 Å². The number of hydrogen-bond acceptors (Lipinski definition) is 2. The maximum atomic E-state index is 13.4. The van der Waals surface area contributed by atoms with Crippen molar-refractivity contribution in [2.24, 2.45) is 0 Å². The molecule has 0 aliphatic rings. The largest absolute Gasteiger partial charge is 0.313 e. The quantitative estimate of drug-likeness (QED) is 0.856. The molecule has 2 rings (SSSR count). The molecular formula is C14H15ClFNS. The van der Waals surface area contributed by atoms with E-state index in [1.54, 1.807) is 17.4 Å². The minimum absolute atomic E-state index is 0.150. The molecule has 1 aromatic carbocycles. The van der Waals surface area contributed by atoms with Crippen molar-refractivity contribution in [1.29, 1.82) is 0 Å². The molecule has 1 atom stereocenters. The summed E-state index contributed by atoms with van der Waals surface area (Å²) in [6.45, 7) is 0. The van der Waals surface area contributed by atoms with Gasteiger partial charge in [-0.05, 0) is 60.0 Å². The summed E-state index contributed by atoms with van der Waals surface area (Å²) >= 11 is 7.39. The Balaban J connectivity index is 2.05. The van der Waals surface area contributed by atoms with Crippen LogP contribution in [0.3, 0.4) is 0 Å². The van der Waals surface area contributed by atoms with Gasteiger partial charge in [-0.3, -0.25) is 0 Å². The van der Waals surface area contributed by atoms with Crippen molar-refractivity contribution >= 4 is 22.9 Å². The van der Waals surface area contributed by atoms with E-state index in [0.29, 0.717) is 0 Å². The molecule has 0 bridgehead atoms. The predicted octanol–water partition coefficient (Wildman–Crippen LogP) is 4.43. The molecule has 96 valence electrons. The summed E-state index contributed by atoms with van der Waals surface area (Å²) in [5, 5.41) is 7.62. The summed E-state index contributed by atoms with van der Waals surface area (Å²) in [4.78, 5) is 0. The highest BCUT2D eigenvalue weighted by Crippen LogP contribution is 2.23. The van der Waals surface area contributed by atoms with Gasteiger partial charge in [-0.2, -0.15) is 11.3 Å². The Morgan fingerprint density at radius 1 is 1.39 bits per heavy atom. The first-order valence-electron chi connectivity index (χ1n) is 5.84. The monoisotopic (exact) mass is 283 g/mol. The second kappa shape index (κ2) is 6.32. The van der Waals surface area contributed by atoms with Gasteiger partial charge in [0.25, 0.3) is 0 Å². The van der Waals surface area contributed by atoms with Crippen molar-refractivity contribution in [2.45, 2.75) is 18.9 Å². The molecule has 2 aromatic rings. The van der Waals surface area contributed by atoms with Gasteiger partial charge in [0.1, 0.15) is 5.82 Å². The van der Waals surface area contributed by atoms with Gasteiger partial charge in [0.05, 0.1) is 5.02 Å². The maximum absolute atomic E-state index is 13.4. The van der Waals surface area contributed by atoms with Gasteiger partial charge in [0.15, 0.2) is 0 Å². The van der Waals surface area contributed by atoms with E-state index in [1.165, 1.54) is 11.6 Å². The molecule has 0 amide bonds. The van der Waals surface area contributed by atoms with Crippen molar-refractivity contribution in [1.82, 2.24) is 5.32 Å². The topological polar surface area (TPSA) is 12.0 Å². The second-order valence-corrected chi connectivity index (χ2v) is 5.37. The summed E-state index contributed by atoms with van der Waals surface area (Å²) in [7, 11) is 1.89. The van der Waals surface area contributed by atoms with Crippen LogP contribution in [0.4, 0.5) is 4.39 Å². The molecule has 1 aromatic heterocycles. The summed E-state index contributed by atoms with van der Waals surface area (Å²) in [5.41, 5.74) is 2.27. The Morgan fingerprint density at radius 3 is 2.83 bits per heavy atom.